The number of hydrogen-bond donors (Lipinski definition) is 2. The first kappa shape index (κ1) is 13.5. The number of anilines is 1. The molecule has 1 amide bonds. The zero-order valence-electron chi connectivity index (χ0n) is 10.2. The van der Waals surface area contributed by atoms with Crippen LogP contribution in [-0.2, 0) is 4.79 Å². The molecule has 2 N–H and O–H groups in total. The molecule has 2 unspecified atom stereocenters. The fourth-order valence-corrected chi connectivity index (χ4v) is 2.44. The molecule has 1 aliphatic heterocycles. The van der Waals surface area contributed by atoms with Crippen LogP contribution in [0.25, 0.3) is 0 Å². The van der Waals surface area contributed by atoms with Gasteiger partial charge in [0.15, 0.2) is 0 Å². The first-order chi connectivity index (χ1) is 8.58. The summed E-state index contributed by atoms with van der Waals surface area (Å²) in [6.07, 6.45) is 2.14. The van der Waals surface area contributed by atoms with Crippen molar-refractivity contribution in [2.24, 2.45) is 5.92 Å². The zero-order valence-corrected chi connectivity index (χ0v) is 11.8. The Morgan fingerprint density at radius 2 is 2.33 bits per heavy atom. The number of amides is 1. The smallest absolute Gasteiger partial charge is 0.241 e. The number of hydrogen-bond acceptors (Lipinski definition) is 2. The normalized spacial score (nSPS) is 23.7. The molecule has 3 nitrogen and oxygen atoms in total. The minimum absolute atomic E-state index is 0.0936. The largest absolute Gasteiger partial charge is 0.325 e. The van der Waals surface area contributed by atoms with Crippen molar-refractivity contribution in [1.82, 2.24) is 5.32 Å². The Morgan fingerprint density at radius 3 is 3.00 bits per heavy atom. The van der Waals surface area contributed by atoms with E-state index in [0.29, 0.717) is 16.1 Å². The lowest BCUT2D eigenvalue weighted by Gasteiger charge is -2.28. The average molecular weight is 315 g/mol. The second-order valence-electron chi connectivity index (χ2n) is 4.67. The van der Waals surface area contributed by atoms with Crippen molar-refractivity contribution in [3.8, 4) is 0 Å². The van der Waals surface area contributed by atoms with Crippen molar-refractivity contribution in [3.63, 3.8) is 0 Å². The third kappa shape index (κ3) is 3.09. The van der Waals surface area contributed by atoms with Gasteiger partial charge in [0, 0.05) is 5.69 Å². The Morgan fingerprint density at radius 1 is 1.56 bits per heavy atom. The molecule has 2 atom stereocenters. The molecule has 0 aromatic heterocycles. The number of nitrogens with one attached hydrogen (secondary N) is 2. The van der Waals surface area contributed by atoms with Crippen molar-refractivity contribution in [2.75, 3.05) is 11.9 Å². The average Bonchev–Trinajstić information content (AvgIpc) is 2.34. The van der Waals surface area contributed by atoms with Gasteiger partial charge in [-0.05, 0) is 59.4 Å². The van der Waals surface area contributed by atoms with E-state index in [1.54, 1.807) is 12.1 Å². The van der Waals surface area contributed by atoms with Crippen LogP contribution in [-0.4, -0.2) is 18.5 Å². The van der Waals surface area contributed by atoms with Crippen molar-refractivity contribution in [2.45, 2.75) is 25.8 Å². The minimum Gasteiger partial charge on any atom is -0.325 e. The fourth-order valence-electron chi connectivity index (χ4n) is 2.19. The van der Waals surface area contributed by atoms with Crippen molar-refractivity contribution in [3.05, 3.63) is 28.5 Å². The van der Waals surface area contributed by atoms with E-state index in [1.165, 1.54) is 6.07 Å². The Bertz CT molecular complexity index is 453. The van der Waals surface area contributed by atoms with Crippen LogP contribution in [0.1, 0.15) is 19.8 Å². The van der Waals surface area contributed by atoms with Gasteiger partial charge in [-0.2, -0.15) is 0 Å². The number of carbonyl (C=O) groups is 1. The summed E-state index contributed by atoms with van der Waals surface area (Å²) in [6.45, 7) is 2.91. The molecule has 1 aromatic carbocycles. The van der Waals surface area contributed by atoms with Gasteiger partial charge in [0.25, 0.3) is 0 Å². The molecule has 1 aromatic rings. The number of halogens is 2. The molecule has 2 rings (SSSR count). The van der Waals surface area contributed by atoms with E-state index in [2.05, 4.69) is 33.5 Å². The van der Waals surface area contributed by atoms with Crippen LogP contribution in [0.4, 0.5) is 10.1 Å². The van der Waals surface area contributed by atoms with Crippen LogP contribution in [0.5, 0.6) is 0 Å². The molecule has 98 valence electrons. The lowest BCUT2D eigenvalue weighted by atomic mass is 9.92. The Kier molecular flexibility index (Phi) is 4.35. The molecule has 18 heavy (non-hydrogen) atoms. The van der Waals surface area contributed by atoms with Crippen molar-refractivity contribution >= 4 is 27.5 Å². The van der Waals surface area contributed by atoms with Gasteiger partial charge in [-0.1, -0.05) is 6.92 Å². The van der Waals surface area contributed by atoms with E-state index in [9.17, 15) is 9.18 Å². The van der Waals surface area contributed by atoms with E-state index in [-0.39, 0.29) is 17.8 Å². The summed E-state index contributed by atoms with van der Waals surface area (Å²) in [5, 5.41) is 5.95. The van der Waals surface area contributed by atoms with Gasteiger partial charge < -0.3 is 10.6 Å². The number of rotatable bonds is 2. The summed E-state index contributed by atoms with van der Waals surface area (Å²) in [6, 6.07) is 4.39. The van der Waals surface area contributed by atoms with E-state index < -0.39 is 0 Å². The summed E-state index contributed by atoms with van der Waals surface area (Å²) in [5.74, 6) is -0.166. The number of piperidine rings is 1. The fraction of sp³-hybridized carbons (Fsp3) is 0.462. The monoisotopic (exact) mass is 314 g/mol. The Balaban J connectivity index is 2.04. The molecule has 0 bridgehead atoms. The van der Waals surface area contributed by atoms with Crippen LogP contribution < -0.4 is 10.6 Å². The third-order valence-electron chi connectivity index (χ3n) is 3.24. The predicted octanol–water partition coefficient (Wildman–Crippen LogP) is 2.91. The first-order valence-electron chi connectivity index (χ1n) is 6.07. The van der Waals surface area contributed by atoms with Crippen LogP contribution in [0, 0.1) is 11.7 Å². The molecule has 0 saturated carbocycles. The van der Waals surface area contributed by atoms with Gasteiger partial charge in [-0.25, -0.2) is 4.39 Å². The first-order valence-corrected chi connectivity index (χ1v) is 6.86. The zero-order chi connectivity index (χ0) is 13.1. The topological polar surface area (TPSA) is 41.1 Å². The van der Waals surface area contributed by atoms with Gasteiger partial charge in [-0.3, -0.25) is 4.79 Å². The number of carbonyl (C=O) groups excluding carboxylic acids is 1. The second-order valence-corrected chi connectivity index (χ2v) is 5.52. The molecule has 1 heterocycles. The van der Waals surface area contributed by atoms with Crippen LogP contribution in [0.2, 0.25) is 0 Å². The molecular weight excluding hydrogens is 299 g/mol. The SMILES string of the molecule is CC1CCCNC1C(=O)Nc1ccc(Br)c(F)c1. The Labute approximate surface area is 114 Å². The van der Waals surface area contributed by atoms with Crippen molar-refractivity contribution in [1.29, 1.82) is 0 Å². The highest BCUT2D eigenvalue weighted by molar-refractivity contribution is 9.10. The lowest BCUT2D eigenvalue weighted by Crippen LogP contribution is -2.48. The number of benzene rings is 1. The summed E-state index contributed by atoms with van der Waals surface area (Å²) in [7, 11) is 0. The highest BCUT2D eigenvalue weighted by Crippen LogP contribution is 2.21. The molecule has 5 heteroatoms. The maximum atomic E-state index is 13.3. The van der Waals surface area contributed by atoms with Gasteiger partial charge >= 0.3 is 0 Å². The van der Waals surface area contributed by atoms with Gasteiger partial charge in [0.2, 0.25) is 5.91 Å². The van der Waals surface area contributed by atoms with E-state index in [1.807, 2.05) is 0 Å². The summed E-state index contributed by atoms with van der Waals surface area (Å²) in [5.41, 5.74) is 0.486. The molecule has 1 saturated heterocycles. The van der Waals surface area contributed by atoms with Gasteiger partial charge in [-0.15, -0.1) is 0 Å². The van der Waals surface area contributed by atoms with Crippen molar-refractivity contribution < 1.29 is 9.18 Å². The summed E-state index contributed by atoms with van der Waals surface area (Å²) >= 11 is 3.08. The maximum Gasteiger partial charge on any atom is 0.241 e. The van der Waals surface area contributed by atoms with Crippen LogP contribution in [0.15, 0.2) is 22.7 Å². The highest BCUT2D eigenvalue weighted by Gasteiger charge is 2.27. The summed E-state index contributed by atoms with van der Waals surface area (Å²) in [4.78, 5) is 12.1. The van der Waals surface area contributed by atoms with Gasteiger partial charge in [0.05, 0.1) is 10.5 Å². The molecule has 0 radical (unpaired) electrons. The quantitative estimate of drug-likeness (QED) is 0.881. The highest BCUT2D eigenvalue weighted by atomic mass is 79.9. The van der Waals surface area contributed by atoms with Gasteiger partial charge in [0.1, 0.15) is 5.82 Å². The third-order valence-corrected chi connectivity index (χ3v) is 3.88. The molecule has 0 aliphatic carbocycles. The van der Waals surface area contributed by atoms with E-state index in [4.69, 9.17) is 0 Å². The van der Waals surface area contributed by atoms with Crippen LogP contribution in [0.3, 0.4) is 0 Å². The molecular formula is C13H16BrFN2O. The maximum absolute atomic E-state index is 13.3. The predicted molar refractivity (Wildman–Crippen MR) is 72.9 cm³/mol. The van der Waals surface area contributed by atoms with E-state index >= 15 is 0 Å². The van der Waals surface area contributed by atoms with E-state index in [0.717, 1.165) is 19.4 Å². The Hall–Kier alpha value is -0.940. The summed E-state index contributed by atoms with van der Waals surface area (Å²) < 4.78 is 13.7. The lowest BCUT2D eigenvalue weighted by molar-refractivity contribution is -0.119. The van der Waals surface area contributed by atoms with Crippen LogP contribution >= 0.6 is 15.9 Å². The molecule has 1 fully saturated rings. The standard InChI is InChI=1S/C13H16BrFN2O/c1-8-3-2-6-16-12(8)13(18)17-9-4-5-10(14)11(15)7-9/h4-5,7-8,12,16H,2-3,6H2,1H3,(H,17,18). The minimum atomic E-state index is -0.377. The second kappa shape index (κ2) is 5.80. The molecule has 0 spiro atoms. The molecule has 1 aliphatic rings.